The first kappa shape index (κ1) is 15.4. The third kappa shape index (κ3) is 3.19. The van der Waals surface area contributed by atoms with Crippen molar-refractivity contribution in [1.82, 2.24) is 0 Å². The summed E-state index contributed by atoms with van der Waals surface area (Å²) < 4.78 is 10.5. The van der Waals surface area contributed by atoms with Crippen molar-refractivity contribution in [3.8, 4) is 16.9 Å². The van der Waals surface area contributed by atoms with Gasteiger partial charge in [-0.25, -0.2) is 4.79 Å². The molecule has 21 heavy (non-hydrogen) atoms. The lowest BCUT2D eigenvalue weighted by Gasteiger charge is -2.10. The number of aryl methyl sites for hydroxylation is 1. The lowest BCUT2D eigenvalue weighted by atomic mass is 10.0. The first-order valence-electron chi connectivity index (χ1n) is 6.68. The van der Waals surface area contributed by atoms with Crippen molar-refractivity contribution in [2.24, 2.45) is 0 Å². The van der Waals surface area contributed by atoms with Crippen molar-refractivity contribution < 1.29 is 14.3 Å². The van der Waals surface area contributed by atoms with Crippen molar-refractivity contribution in [3.05, 3.63) is 34.7 Å². The van der Waals surface area contributed by atoms with E-state index in [0.29, 0.717) is 10.6 Å². The fraction of sp³-hybridized carbons (Fsp3) is 0.312. The highest BCUT2D eigenvalue weighted by atomic mass is 32.1. The fourth-order valence-electron chi connectivity index (χ4n) is 2.15. The van der Waals surface area contributed by atoms with Gasteiger partial charge in [0, 0.05) is 10.4 Å². The second-order valence-corrected chi connectivity index (χ2v) is 6.21. The molecule has 1 aromatic heterocycles. The van der Waals surface area contributed by atoms with Gasteiger partial charge in [0.2, 0.25) is 0 Å². The van der Waals surface area contributed by atoms with E-state index in [-0.39, 0.29) is 12.1 Å². The van der Waals surface area contributed by atoms with Gasteiger partial charge < -0.3 is 15.2 Å². The topological polar surface area (TPSA) is 61.5 Å². The Labute approximate surface area is 128 Å². The van der Waals surface area contributed by atoms with E-state index in [2.05, 4.69) is 0 Å². The zero-order valence-corrected chi connectivity index (χ0v) is 13.4. The molecule has 1 aromatic carbocycles. The summed E-state index contributed by atoms with van der Waals surface area (Å²) in [5, 5.41) is 0.490. The molecule has 2 aromatic rings. The lowest BCUT2D eigenvalue weighted by Crippen LogP contribution is -2.13. The summed E-state index contributed by atoms with van der Waals surface area (Å²) in [5.41, 5.74) is 8.23. The molecule has 4 nitrogen and oxygen atoms in total. The van der Waals surface area contributed by atoms with Crippen LogP contribution in [0.1, 0.15) is 29.1 Å². The maximum absolute atomic E-state index is 12.3. The standard InChI is InChI=1S/C16H19NO3S/c1-9(2)20-16(18)14-13(10(3)21-15(14)17)11-5-7-12(19-4)8-6-11/h5-9H,17H2,1-4H3. The van der Waals surface area contributed by atoms with Gasteiger partial charge in [-0.15, -0.1) is 11.3 Å². The zero-order chi connectivity index (χ0) is 15.6. The number of carbonyl (C=O) groups excluding carboxylic acids is 1. The Hall–Kier alpha value is -2.01. The third-order valence-electron chi connectivity index (χ3n) is 3.04. The summed E-state index contributed by atoms with van der Waals surface area (Å²) in [6.07, 6.45) is -0.180. The van der Waals surface area contributed by atoms with Crippen LogP contribution in [0.15, 0.2) is 24.3 Å². The van der Waals surface area contributed by atoms with E-state index in [0.717, 1.165) is 21.8 Å². The normalized spacial score (nSPS) is 10.7. The van der Waals surface area contributed by atoms with Crippen molar-refractivity contribution in [1.29, 1.82) is 0 Å². The van der Waals surface area contributed by atoms with Gasteiger partial charge in [0.1, 0.15) is 16.3 Å². The molecule has 0 radical (unpaired) electrons. The molecule has 2 rings (SSSR count). The van der Waals surface area contributed by atoms with Crippen LogP contribution >= 0.6 is 11.3 Å². The molecule has 0 aliphatic carbocycles. The van der Waals surface area contributed by atoms with Gasteiger partial charge in [-0.05, 0) is 38.5 Å². The van der Waals surface area contributed by atoms with Gasteiger partial charge in [-0.2, -0.15) is 0 Å². The van der Waals surface area contributed by atoms with Gasteiger partial charge in [-0.1, -0.05) is 12.1 Å². The van der Waals surface area contributed by atoms with E-state index in [1.807, 2.05) is 45.0 Å². The maximum Gasteiger partial charge on any atom is 0.342 e. The molecule has 0 bridgehead atoms. The highest BCUT2D eigenvalue weighted by Crippen LogP contribution is 2.39. The van der Waals surface area contributed by atoms with Gasteiger partial charge in [0.15, 0.2) is 0 Å². The molecule has 0 fully saturated rings. The Morgan fingerprint density at radius 1 is 1.24 bits per heavy atom. The van der Waals surface area contributed by atoms with Crippen LogP contribution in [0.5, 0.6) is 5.75 Å². The molecule has 2 N–H and O–H groups in total. The minimum absolute atomic E-state index is 0.180. The first-order chi connectivity index (χ1) is 9.93. The average Bonchev–Trinajstić information content (AvgIpc) is 2.73. The van der Waals surface area contributed by atoms with Gasteiger partial charge in [0.05, 0.1) is 13.2 Å². The highest BCUT2D eigenvalue weighted by Gasteiger charge is 2.23. The third-order valence-corrected chi connectivity index (χ3v) is 3.97. The number of carbonyl (C=O) groups is 1. The molecule has 1 heterocycles. The summed E-state index contributed by atoms with van der Waals surface area (Å²) in [4.78, 5) is 13.3. The minimum Gasteiger partial charge on any atom is -0.497 e. The SMILES string of the molecule is COc1ccc(-c2c(C)sc(N)c2C(=O)OC(C)C)cc1. The van der Waals surface area contributed by atoms with Crippen LogP contribution in [0.2, 0.25) is 0 Å². The van der Waals surface area contributed by atoms with Gasteiger partial charge in [0.25, 0.3) is 0 Å². The molecule has 0 aliphatic rings. The number of hydrogen-bond acceptors (Lipinski definition) is 5. The van der Waals surface area contributed by atoms with Crippen LogP contribution in [-0.4, -0.2) is 19.2 Å². The van der Waals surface area contributed by atoms with Gasteiger partial charge in [-0.3, -0.25) is 0 Å². The molecule has 0 spiro atoms. The minimum atomic E-state index is -0.377. The number of rotatable bonds is 4. The number of benzene rings is 1. The molecule has 0 unspecified atom stereocenters. The monoisotopic (exact) mass is 305 g/mol. The van der Waals surface area contributed by atoms with Crippen LogP contribution < -0.4 is 10.5 Å². The molecule has 0 saturated carbocycles. The Balaban J connectivity index is 2.49. The molecule has 0 amide bonds. The molecule has 0 atom stereocenters. The maximum atomic E-state index is 12.3. The van der Waals surface area contributed by atoms with Crippen LogP contribution in [0.3, 0.4) is 0 Å². The second-order valence-electron chi connectivity index (χ2n) is 4.96. The van der Waals surface area contributed by atoms with E-state index < -0.39 is 0 Å². The highest BCUT2D eigenvalue weighted by molar-refractivity contribution is 7.16. The number of thiophene rings is 1. The molecule has 0 saturated heterocycles. The van der Waals surface area contributed by atoms with Crippen molar-refractivity contribution in [2.75, 3.05) is 12.8 Å². The van der Waals surface area contributed by atoms with E-state index in [1.165, 1.54) is 11.3 Å². The summed E-state index contributed by atoms with van der Waals surface area (Å²) in [7, 11) is 1.62. The summed E-state index contributed by atoms with van der Waals surface area (Å²) in [5.74, 6) is 0.392. The summed E-state index contributed by atoms with van der Waals surface area (Å²) in [6, 6.07) is 7.55. The molecular formula is C16H19NO3S. The smallest absolute Gasteiger partial charge is 0.342 e. The number of hydrogen-bond donors (Lipinski definition) is 1. The summed E-state index contributed by atoms with van der Waals surface area (Å²) >= 11 is 1.40. The number of esters is 1. The molecular weight excluding hydrogens is 286 g/mol. The van der Waals surface area contributed by atoms with Crippen LogP contribution in [0.4, 0.5) is 5.00 Å². The lowest BCUT2D eigenvalue weighted by molar-refractivity contribution is 0.0380. The van der Waals surface area contributed by atoms with Crippen LogP contribution in [0.25, 0.3) is 11.1 Å². The molecule has 0 aliphatic heterocycles. The number of nitrogen functional groups attached to an aromatic ring is 1. The number of anilines is 1. The fourth-order valence-corrected chi connectivity index (χ4v) is 3.09. The Morgan fingerprint density at radius 3 is 2.38 bits per heavy atom. The van der Waals surface area contributed by atoms with Crippen LogP contribution in [0, 0.1) is 6.92 Å². The quantitative estimate of drug-likeness (QED) is 0.871. The number of ether oxygens (including phenoxy) is 2. The molecule has 112 valence electrons. The van der Waals surface area contributed by atoms with E-state index >= 15 is 0 Å². The van der Waals surface area contributed by atoms with E-state index in [4.69, 9.17) is 15.2 Å². The first-order valence-corrected chi connectivity index (χ1v) is 7.50. The Kier molecular flexibility index (Phi) is 4.53. The Morgan fingerprint density at radius 2 is 1.86 bits per heavy atom. The average molecular weight is 305 g/mol. The van der Waals surface area contributed by atoms with Gasteiger partial charge >= 0.3 is 5.97 Å². The van der Waals surface area contributed by atoms with E-state index in [1.54, 1.807) is 7.11 Å². The number of methoxy groups -OCH3 is 1. The predicted molar refractivity (Wildman–Crippen MR) is 86.0 cm³/mol. The molecule has 5 heteroatoms. The van der Waals surface area contributed by atoms with Crippen molar-refractivity contribution in [3.63, 3.8) is 0 Å². The predicted octanol–water partition coefficient (Wildman–Crippen LogP) is 3.88. The van der Waals surface area contributed by atoms with Crippen molar-refractivity contribution in [2.45, 2.75) is 26.9 Å². The second kappa shape index (κ2) is 6.18. The van der Waals surface area contributed by atoms with Crippen LogP contribution in [-0.2, 0) is 4.74 Å². The largest absolute Gasteiger partial charge is 0.497 e. The summed E-state index contributed by atoms with van der Waals surface area (Å²) in [6.45, 7) is 5.59. The van der Waals surface area contributed by atoms with Crippen molar-refractivity contribution >= 4 is 22.3 Å². The van der Waals surface area contributed by atoms with E-state index in [9.17, 15) is 4.79 Å². The zero-order valence-electron chi connectivity index (χ0n) is 12.6. The number of nitrogens with two attached hydrogens (primary N) is 1. The Bertz CT molecular complexity index is 644.